The lowest BCUT2D eigenvalue weighted by Crippen LogP contribution is -2.62. The summed E-state index contributed by atoms with van der Waals surface area (Å²) in [7, 11) is 1.23. The third-order valence-corrected chi connectivity index (χ3v) is 3.43. The van der Waals surface area contributed by atoms with Crippen LogP contribution in [-0.2, 0) is 19.1 Å². The van der Waals surface area contributed by atoms with Gasteiger partial charge in [-0.2, -0.15) is 0 Å². The Balaban J connectivity index is 2.31. The summed E-state index contributed by atoms with van der Waals surface area (Å²) in [5, 5.41) is 3.43. The summed E-state index contributed by atoms with van der Waals surface area (Å²) in [4.78, 5) is 47.7. The number of esters is 1. The Kier molecular flexibility index (Phi) is 4.29. The molecule has 1 N–H and O–H groups in total. The molecule has 2 aliphatic rings. The molecule has 0 unspecified atom stereocenters. The van der Waals surface area contributed by atoms with Crippen molar-refractivity contribution in [2.45, 2.75) is 32.2 Å². The number of ether oxygens (including phenoxy) is 1. The minimum Gasteiger partial charge on any atom is -0.467 e. The van der Waals surface area contributed by atoms with Crippen molar-refractivity contribution < 1.29 is 23.9 Å². The van der Waals surface area contributed by atoms with E-state index >= 15 is 0 Å². The van der Waals surface area contributed by atoms with Gasteiger partial charge in [0.1, 0.15) is 0 Å². The predicted octanol–water partition coefficient (Wildman–Crippen LogP) is -0.756. The lowest BCUT2D eigenvalue weighted by molar-refractivity contribution is -0.164. The molecule has 0 aromatic rings. The molecule has 0 saturated carbocycles. The molecule has 0 aliphatic carbocycles. The van der Waals surface area contributed by atoms with Crippen LogP contribution in [0.3, 0.4) is 0 Å². The van der Waals surface area contributed by atoms with Gasteiger partial charge in [-0.25, -0.2) is 24.6 Å². The Morgan fingerprint density at radius 2 is 2.00 bits per heavy atom. The van der Waals surface area contributed by atoms with Crippen LogP contribution < -0.4 is 5.43 Å². The van der Waals surface area contributed by atoms with E-state index in [4.69, 9.17) is 4.74 Å². The van der Waals surface area contributed by atoms with Crippen molar-refractivity contribution in [3.63, 3.8) is 0 Å². The normalized spacial score (nSPS) is 22.6. The van der Waals surface area contributed by atoms with Crippen LogP contribution in [0.25, 0.3) is 0 Å². The number of hydrazine groups is 2. The van der Waals surface area contributed by atoms with Crippen LogP contribution in [-0.4, -0.2) is 65.1 Å². The van der Waals surface area contributed by atoms with Crippen LogP contribution in [0.4, 0.5) is 4.79 Å². The van der Waals surface area contributed by atoms with E-state index in [0.717, 1.165) is 10.0 Å². The van der Waals surface area contributed by atoms with Gasteiger partial charge in [0.05, 0.1) is 13.7 Å². The topological polar surface area (TPSA) is 99.3 Å². The highest BCUT2D eigenvalue weighted by Crippen LogP contribution is 2.23. The molecule has 0 aromatic heterocycles. The van der Waals surface area contributed by atoms with Crippen LogP contribution in [0.5, 0.6) is 0 Å². The number of carbonyl (C=O) groups is 4. The maximum absolute atomic E-state index is 12.5. The molecule has 2 fully saturated rings. The van der Waals surface area contributed by atoms with E-state index < -0.39 is 23.9 Å². The van der Waals surface area contributed by atoms with E-state index in [1.807, 2.05) is 0 Å². The number of fused-ring (bicyclic) bond motifs is 1. The molecule has 2 rings (SSSR count). The number of rotatable bonds is 2. The average Bonchev–Trinajstić information content (AvgIpc) is 2.58. The molecule has 9 heteroatoms. The number of urea groups is 1. The lowest BCUT2D eigenvalue weighted by Gasteiger charge is -2.42. The summed E-state index contributed by atoms with van der Waals surface area (Å²) < 4.78 is 4.70. The van der Waals surface area contributed by atoms with Crippen molar-refractivity contribution in [1.82, 2.24) is 20.5 Å². The van der Waals surface area contributed by atoms with Gasteiger partial charge in [-0.05, 0) is 12.8 Å². The summed E-state index contributed by atoms with van der Waals surface area (Å²) >= 11 is 0. The number of carbonyl (C=O) groups excluding carboxylic acids is 4. The monoisotopic (exact) mass is 298 g/mol. The van der Waals surface area contributed by atoms with E-state index in [-0.39, 0.29) is 18.9 Å². The highest BCUT2D eigenvalue weighted by molar-refractivity contribution is 5.89. The fraction of sp³-hybridized carbons (Fsp3) is 0.667. The van der Waals surface area contributed by atoms with Crippen molar-refractivity contribution in [2.75, 3.05) is 20.2 Å². The fourth-order valence-electron chi connectivity index (χ4n) is 2.52. The molecule has 0 aromatic carbocycles. The van der Waals surface area contributed by atoms with E-state index in [9.17, 15) is 19.2 Å². The Bertz CT molecular complexity index is 480. The number of methoxy groups -OCH3 is 1. The Morgan fingerprint density at radius 3 is 2.62 bits per heavy atom. The molecule has 2 aliphatic heterocycles. The zero-order valence-electron chi connectivity index (χ0n) is 12.0. The summed E-state index contributed by atoms with van der Waals surface area (Å²) in [5.41, 5.74) is 2.37. The van der Waals surface area contributed by atoms with Crippen LogP contribution in [0.1, 0.15) is 26.2 Å². The second-order valence-corrected chi connectivity index (χ2v) is 4.89. The Labute approximate surface area is 121 Å². The molecule has 0 spiro atoms. The largest absolute Gasteiger partial charge is 0.467 e. The smallest absolute Gasteiger partial charge is 0.358 e. The molecule has 116 valence electrons. The van der Waals surface area contributed by atoms with Gasteiger partial charge >= 0.3 is 12.0 Å². The molecule has 2 saturated heterocycles. The quantitative estimate of drug-likeness (QED) is 0.676. The Hall–Kier alpha value is -2.32. The zero-order valence-corrected chi connectivity index (χ0v) is 12.0. The van der Waals surface area contributed by atoms with Gasteiger partial charge in [0, 0.05) is 19.9 Å². The van der Waals surface area contributed by atoms with Gasteiger partial charge in [0.25, 0.3) is 0 Å². The maximum Gasteiger partial charge on any atom is 0.358 e. The van der Waals surface area contributed by atoms with Crippen LogP contribution in [0, 0.1) is 0 Å². The first kappa shape index (κ1) is 15.1. The maximum atomic E-state index is 12.5. The summed E-state index contributed by atoms with van der Waals surface area (Å²) in [6, 6.07) is -1.46. The summed E-state index contributed by atoms with van der Waals surface area (Å²) in [6.45, 7) is 1.70. The molecule has 21 heavy (non-hydrogen) atoms. The number of hydrogen-bond donors (Lipinski definition) is 1. The predicted molar refractivity (Wildman–Crippen MR) is 69.1 cm³/mol. The highest BCUT2D eigenvalue weighted by Gasteiger charge is 2.44. The third-order valence-electron chi connectivity index (χ3n) is 3.43. The molecule has 1 atom stereocenters. The molecule has 9 nitrogen and oxygen atoms in total. The van der Waals surface area contributed by atoms with Crippen LogP contribution in [0.15, 0.2) is 0 Å². The van der Waals surface area contributed by atoms with Crippen LogP contribution in [0.2, 0.25) is 0 Å². The van der Waals surface area contributed by atoms with Crippen molar-refractivity contribution in [2.24, 2.45) is 0 Å². The standard InChI is InChI=1S/C12H18N4O5/c1-8(17)13-14-7-5-10(18)15-6-3-4-9(11(19)21-2)16(15)12(14)20/h9H,3-7H2,1-2H3,(H,13,17)/t9-/m0/s1. The first-order chi connectivity index (χ1) is 9.95. The van der Waals surface area contributed by atoms with Crippen molar-refractivity contribution >= 4 is 23.8 Å². The molecule has 0 bridgehead atoms. The first-order valence-electron chi connectivity index (χ1n) is 6.71. The van der Waals surface area contributed by atoms with E-state index in [1.54, 1.807) is 0 Å². The van der Waals surface area contributed by atoms with Gasteiger partial charge in [-0.3, -0.25) is 15.0 Å². The van der Waals surface area contributed by atoms with Gasteiger partial charge < -0.3 is 4.74 Å². The van der Waals surface area contributed by atoms with E-state index in [1.165, 1.54) is 19.0 Å². The highest BCUT2D eigenvalue weighted by atomic mass is 16.5. The minimum absolute atomic E-state index is 0.0676. The Morgan fingerprint density at radius 1 is 1.29 bits per heavy atom. The van der Waals surface area contributed by atoms with Crippen molar-refractivity contribution in [3.8, 4) is 0 Å². The van der Waals surface area contributed by atoms with Gasteiger partial charge in [-0.15, -0.1) is 0 Å². The van der Waals surface area contributed by atoms with Gasteiger partial charge in [0.15, 0.2) is 6.04 Å². The second kappa shape index (κ2) is 5.98. The zero-order chi connectivity index (χ0) is 15.6. The van der Waals surface area contributed by atoms with Gasteiger partial charge in [-0.1, -0.05) is 0 Å². The SMILES string of the molecule is COC(=O)[C@@H]1CCCN2C(=O)CCN(NC(C)=O)C(=O)N12. The summed E-state index contributed by atoms with van der Waals surface area (Å²) in [6.07, 6.45) is 1.10. The number of amides is 4. The molecular formula is C12H18N4O5. The number of nitrogens with one attached hydrogen (secondary N) is 1. The van der Waals surface area contributed by atoms with E-state index in [2.05, 4.69) is 5.43 Å². The fourth-order valence-corrected chi connectivity index (χ4v) is 2.52. The summed E-state index contributed by atoms with van der Waals surface area (Å²) in [5.74, 6) is -1.26. The van der Waals surface area contributed by atoms with Gasteiger partial charge in [0.2, 0.25) is 11.8 Å². The van der Waals surface area contributed by atoms with Crippen LogP contribution >= 0.6 is 0 Å². The van der Waals surface area contributed by atoms with Crippen molar-refractivity contribution in [3.05, 3.63) is 0 Å². The molecular weight excluding hydrogens is 280 g/mol. The average molecular weight is 298 g/mol. The molecule has 2 heterocycles. The van der Waals surface area contributed by atoms with Crippen molar-refractivity contribution in [1.29, 1.82) is 0 Å². The minimum atomic E-state index is -0.852. The molecule has 4 amide bonds. The second-order valence-electron chi connectivity index (χ2n) is 4.89. The first-order valence-corrected chi connectivity index (χ1v) is 6.71. The number of nitrogens with zero attached hydrogens (tertiary/aromatic N) is 3. The number of hydrogen-bond acceptors (Lipinski definition) is 5. The third kappa shape index (κ3) is 2.91. The van der Waals surface area contributed by atoms with E-state index in [0.29, 0.717) is 19.4 Å². The molecule has 0 radical (unpaired) electrons. The lowest BCUT2D eigenvalue weighted by atomic mass is 10.1.